The lowest BCUT2D eigenvalue weighted by atomic mass is 10.1. The first-order valence-electron chi connectivity index (χ1n) is 9.21. The van der Waals surface area contributed by atoms with Gasteiger partial charge >= 0.3 is 0 Å². The lowest BCUT2D eigenvalue weighted by Gasteiger charge is -2.18. The third-order valence-electron chi connectivity index (χ3n) is 4.76. The SMILES string of the molecule is CC[n+]1ccc(/C=C/C=C2/Sc3ccccc3N2CCCl)c2ccccc21.[I-]. The number of hydrogen-bond acceptors (Lipinski definition) is 2. The quantitative estimate of drug-likeness (QED) is 0.290. The van der Waals surface area contributed by atoms with Crippen LogP contribution in [0, 0.1) is 0 Å². The minimum atomic E-state index is 0. The van der Waals surface area contributed by atoms with E-state index < -0.39 is 0 Å². The molecule has 0 saturated heterocycles. The summed E-state index contributed by atoms with van der Waals surface area (Å²) in [7, 11) is 0. The Bertz CT molecular complexity index is 1030. The lowest BCUT2D eigenvalue weighted by Crippen LogP contribution is -3.00. The van der Waals surface area contributed by atoms with E-state index in [9.17, 15) is 0 Å². The summed E-state index contributed by atoms with van der Waals surface area (Å²) in [5.74, 6) is 0.607. The number of halogens is 2. The monoisotopic (exact) mass is 520 g/mol. The van der Waals surface area contributed by atoms with E-state index in [1.807, 2.05) is 0 Å². The van der Waals surface area contributed by atoms with Crippen molar-refractivity contribution in [1.82, 2.24) is 0 Å². The van der Waals surface area contributed by atoms with Crippen molar-refractivity contribution >= 4 is 46.0 Å². The van der Waals surface area contributed by atoms with Gasteiger partial charge in [0, 0.05) is 29.5 Å². The standard InChI is InChI=1S/C23H22ClN2S.HI/c1-2-25-16-14-18(19-9-3-4-10-20(19)25)8-7-13-23-26(17-15-24)21-11-5-6-12-22(21)27-23;/h3-14,16H,2,15,17H2,1H3;1H/q+1;/p-1. The van der Waals surface area contributed by atoms with Crippen LogP contribution in [0.15, 0.2) is 82.9 Å². The first kappa shape index (κ1) is 21.2. The molecule has 1 aliphatic heterocycles. The van der Waals surface area contributed by atoms with E-state index in [0.717, 1.165) is 13.1 Å². The number of alkyl halides is 1. The van der Waals surface area contributed by atoms with Crippen LogP contribution < -0.4 is 33.4 Å². The highest BCUT2D eigenvalue weighted by Gasteiger charge is 2.23. The van der Waals surface area contributed by atoms with Crippen LogP contribution in [-0.4, -0.2) is 12.4 Å². The average Bonchev–Trinajstić information content (AvgIpc) is 3.06. The Kier molecular flexibility index (Phi) is 7.43. The second kappa shape index (κ2) is 9.81. The fourth-order valence-electron chi connectivity index (χ4n) is 3.46. The number of rotatable bonds is 5. The van der Waals surface area contributed by atoms with Crippen LogP contribution in [0.3, 0.4) is 0 Å². The first-order chi connectivity index (χ1) is 13.3. The molecule has 0 saturated carbocycles. The number of allylic oxidation sites excluding steroid dienone is 2. The maximum Gasteiger partial charge on any atom is 0.213 e. The number of thioether (sulfide) groups is 1. The number of hydrogen-bond donors (Lipinski definition) is 0. The number of pyridine rings is 1. The molecular formula is C23H22ClIN2S. The summed E-state index contributed by atoms with van der Waals surface area (Å²) in [5.41, 5.74) is 3.75. The number of aryl methyl sites for hydroxylation is 1. The topological polar surface area (TPSA) is 7.12 Å². The molecule has 0 N–H and O–H groups in total. The molecule has 1 aromatic heterocycles. The van der Waals surface area contributed by atoms with Crippen molar-refractivity contribution in [2.75, 3.05) is 17.3 Å². The molecule has 0 spiro atoms. The molecule has 2 nitrogen and oxygen atoms in total. The largest absolute Gasteiger partial charge is 1.00 e. The van der Waals surface area contributed by atoms with E-state index in [1.165, 1.54) is 32.1 Å². The summed E-state index contributed by atoms with van der Waals surface area (Å²) in [5, 5.41) is 2.49. The summed E-state index contributed by atoms with van der Waals surface area (Å²) < 4.78 is 2.27. The summed E-state index contributed by atoms with van der Waals surface area (Å²) in [6, 6.07) is 19.3. The van der Waals surface area contributed by atoms with Gasteiger partial charge in [-0.2, -0.15) is 4.57 Å². The van der Waals surface area contributed by atoms with Gasteiger partial charge in [-0.1, -0.05) is 48.2 Å². The van der Waals surface area contributed by atoms with Crippen molar-refractivity contribution in [3.63, 3.8) is 0 Å². The van der Waals surface area contributed by atoms with Gasteiger partial charge in [-0.25, -0.2) is 0 Å². The van der Waals surface area contributed by atoms with Gasteiger partial charge in [-0.05, 0) is 36.8 Å². The minimum absolute atomic E-state index is 0. The highest BCUT2D eigenvalue weighted by atomic mass is 127. The molecule has 1 aliphatic rings. The number of nitrogens with zero attached hydrogens (tertiary/aromatic N) is 2. The molecule has 0 unspecified atom stereocenters. The van der Waals surface area contributed by atoms with Gasteiger partial charge in [0.05, 0.1) is 16.1 Å². The van der Waals surface area contributed by atoms with E-state index in [4.69, 9.17) is 11.6 Å². The smallest absolute Gasteiger partial charge is 0.213 e. The highest BCUT2D eigenvalue weighted by molar-refractivity contribution is 8.03. The van der Waals surface area contributed by atoms with E-state index in [0.29, 0.717) is 5.88 Å². The molecule has 0 fully saturated rings. The number of aromatic nitrogens is 1. The fourth-order valence-corrected chi connectivity index (χ4v) is 4.73. The zero-order valence-corrected chi connectivity index (χ0v) is 19.4. The Hall–Kier alpha value is -1.50. The Labute approximate surface area is 192 Å². The predicted octanol–water partition coefficient (Wildman–Crippen LogP) is 2.86. The van der Waals surface area contributed by atoms with Crippen molar-refractivity contribution in [2.45, 2.75) is 18.4 Å². The van der Waals surface area contributed by atoms with Gasteiger partial charge in [0.25, 0.3) is 0 Å². The predicted molar refractivity (Wildman–Crippen MR) is 117 cm³/mol. The molecule has 2 aromatic carbocycles. The number of fused-ring (bicyclic) bond motifs is 2. The van der Waals surface area contributed by atoms with Gasteiger partial charge in [0.2, 0.25) is 5.52 Å². The van der Waals surface area contributed by atoms with E-state index >= 15 is 0 Å². The van der Waals surface area contributed by atoms with Crippen LogP contribution >= 0.6 is 23.4 Å². The zero-order chi connectivity index (χ0) is 18.6. The molecule has 28 heavy (non-hydrogen) atoms. The molecule has 0 amide bonds. The molecule has 0 atom stereocenters. The second-order valence-electron chi connectivity index (χ2n) is 6.35. The number of anilines is 1. The maximum atomic E-state index is 6.04. The Morgan fingerprint density at radius 2 is 1.86 bits per heavy atom. The van der Waals surface area contributed by atoms with Crippen LogP contribution in [0.2, 0.25) is 0 Å². The molecule has 5 heteroatoms. The van der Waals surface area contributed by atoms with Gasteiger partial charge < -0.3 is 28.9 Å². The van der Waals surface area contributed by atoms with Gasteiger partial charge in [-0.3, -0.25) is 0 Å². The van der Waals surface area contributed by atoms with Crippen molar-refractivity contribution in [1.29, 1.82) is 0 Å². The minimum Gasteiger partial charge on any atom is -1.00 e. The van der Waals surface area contributed by atoms with Gasteiger partial charge in [-0.15, -0.1) is 11.6 Å². The second-order valence-corrected chi connectivity index (χ2v) is 7.79. The molecular weight excluding hydrogens is 499 g/mol. The maximum absolute atomic E-state index is 6.04. The van der Waals surface area contributed by atoms with Crippen LogP contribution in [-0.2, 0) is 6.54 Å². The van der Waals surface area contributed by atoms with Crippen molar-refractivity contribution in [3.05, 3.63) is 83.5 Å². The Balaban J connectivity index is 0.00000225. The molecule has 4 rings (SSSR count). The van der Waals surface area contributed by atoms with Gasteiger partial charge in [0.15, 0.2) is 6.20 Å². The van der Waals surface area contributed by atoms with Crippen LogP contribution in [0.25, 0.3) is 17.0 Å². The summed E-state index contributed by atoms with van der Waals surface area (Å²) in [4.78, 5) is 3.59. The van der Waals surface area contributed by atoms with Crippen molar-refractivity contribution in [3.8, 4) is 0 Å². The van der Waals surface area contributed by atoms with Gasteiger partial charge in [0.1, 0.15) is 6.54 Å². The van der Waals surface area contributed by atoms with E-state index in [1.54, 1.807) is 11.8 Å². The molecule has 0 bridgehead atoms. The number of benzene rings is 2. The fraction of sp³-hybridized carbons (Fsp3) is 0.174. The molecule has 0 radical (unpaired) electrons. The molecule has 2 heterocycles. The first-order valence-corrected chi connectivity index (χ1v) is 10.6. The third-order valence-corrected chi connectivity index (χ3v) is 6.06. The normalized spacial score (nSPS) is 14.6. The molecule has 0 aliphatic carbocycles. The Morgan fingerprint density at radius 3 is 2.68 bits per heavy atom. The summed E-state index contributed by atoms with van der Waals surface area (Å²) >= 11 is 7.84. The Morgan fingerprint density at radius 1 is 1.07 bits per heavy atom. The summed E-state index contributed by atoms with van der Waals surface area (Å²) in [6.45, 7) is 3.96. The van der Waals surface area contributed by atoms with Crippen LogP contribution in [0.5, 0.6) is 0 Å². The summed E-state index contributed by atoms with van der Waals surface area (Å²) in [6.07, 6.45) is 8.69. The van der Waals surface area contributed by atoms with Crippen LogP contribution in [0.1, 0.15) is 12.5 Å². The van der Waals surface area contributed by atoms with E-state index in [2.05, 4.69) is 95.4 Å². The lowest BCUT2D eigenvalue weighted by molar-refractivity contribution is -0.667. The highest BCUT2D eigenvalue weighted by Crippen LogP contribution is 2.45. The van der Waals surface area contributed by atoms with Crippen molar-refractivity contribution in [2.24, 2.45) is 0 Å². The molecule has 144 valence electrons. The number of para-hydroxylation sites is 2. The zero-order valence-electron chi connectivity index (χ0n) is 15.7. The van der Waals surface area contributed by atoms with Crippen LogP contribution in [0.4, 0.5) is 5.69 Å². The average molecular weight is 521 g/mol. The van der Waals surface area contributed by atoms with Crippen molar-refractivity contribution < 1.29 is 28.5 Å². The van der Waals surface area contributed by atoms with E-state index in [-0.39, 0.29) is 24.0 Å². The third kappa shape index (κ3) is 4.24. The molecule has 3 aromatic rings.